The van der Waals surface area contributed by atoms with E-state index in [1.807, 2.05) is 0 Å². The molecule has 0 aliphatic rings. The molecule has 0 bridgehead atoms. The summed E-state index contributed by atoms with van der Waals surface area (Å²) >= 11 is 0. The molecule has 0 saturated carbocycles. The predicted octanol–water partition coefficient (Wildman–Crippen LogP) is 2.71. The molecule has 2 aromatic rings. The van der Waals surface area contributed by atoms with E-state index >= 15 is 0 Å². The van der Waals surface area contributed by atoms with Gasteiger partial charge >= 0.3 is 5.97 Å². The summed E-state index contributed by atoms with van der Waals surface area (Å²) in [5, 5.41) is 8.58. The Kier molecular flexibility index (Phi) is 6.54. The third kappa shape index (κ3) is 5.77. The summed E-state index contributed by atoms with van der Waals surface area (Å²) in [6.07, 6.45) is -0.764. The second-order valence-electron chi connectivity index (χ2n) is 5.74. The van der Waals surface area contributed by atoms with Crippen LogP contribution in [0.25, 0.3) is 0 Å². The Hall–Kier alpha value is -3.09. The van der Waals surface area contributed by atoms with Crippen molar-refractivity contribution in [3.05, 3.63) is 59.9 Å². The number of carboxylic acids is 1. The molecule has 138 valence electrons. The van der Waals surface area contributed by atoms with Crippen molar-refractivity contribution in [2.45, 2.75) is 19.6 Å². The molecule has 26 heavy (non-hydrogen) atoms. The van der Waals surface area contributed by atoms with Crippen LogP contribution in [0.15, 0.2) is 48.5 Å². The number of likely N-dealkylation sites (N-methyl/N-ethyl adjacent to an activating group) is 1. The number of ether oxygens (including phenoxy) is 2. The molecule has 2 rings (SSSR count). The van der Waals surface area contributed by atoms with Crippen molar-refractivity contribution in [3.8, 4) is 11.5 Å². The normalized spacial score (nSPS) is 11.5. The van der Waals surface area contributed by atoms with Crippen LogP contribution in [-0.2, 0) is 16.1 Å². The van der Waals surface area contributed by atoms with Gasteiger partial charge in [-0.2, -0.15) is 0 Å². The van der Waals surface area contributed by atoms with Crippen LogP contribution in [0, 0.1) is 5.82 Å². The summed E-state index contributed by atoms with van der Waals surface area (Å²) < 4.78 is 23.7. The first-order valence-corrected chi connectivity index (χ1v) is 7.96. The number of carboxylic acid groups (broad SMARTS) is 1. The molecule has 0 aromatic heterocycles. The van der Waals surface area contributed by atoms with Gasteiger partial charge in [0.25, 0.3) is 5.91 Å². The van der Waals surface area contributed by atoms with Gasteiger partial charge in [-0.1, -0.05) is 18.2 Å². The fourth-order valence-corrected chi connectivity index (χ4v) is 2.29. The fraction of sp³-hybridized carbons (Fsp3) is 0.263. The SMILES string of the molecule is CC(Oc1cccc(F)c1)C(=O)N(C)Cc1ccc(OCC(=O)O)cc1. The van der Waals surface area contributed by atoms with Crippen LogP contribution in [0.4, 0.5) is 4.39 Å². The molecule has 1 amide bonds. The number of benzene rings is 2. The minimum Gasteiger partial charge on any atom is -0.482 e. The molecular formula is C19H20FNO5. The maximum absolute atomic E-state index is 13.2. The second-order valence-corrected chi connectivity index (χ2v) is 5.74. The van der Waals surface area contributed by atoms with Crippen molar-refractivity contribution >= 4 is 11.9 Å². The van der Waals surface area contributed by atoms with E-state index in [0.717, 1.165) is 5.56 Å². The number of halogens is 1. The van der Waals surface area contributed by atoms with E-state index in [2.05, 4.69) is 0 Å². The molecule has 1 atom stereocenters. The minimum absolute atomic E-state index is 0.250. The fourth-order valence-electron chi connectivity index (χ4n) is 2.29. The molecule has 0 aliphatic heterocycles. The summed E-state index contributed by atoms with van der Waals surface area (Å²) in [6.45, 7) is 1.54. The van der Waals surface area contributed by atoms with Crippen molar-refractivity contribution in [2.24, 2.45) is 0 Å². The lowest BCUT2D eigenvalue weighted by atomic mass is 10.2. The van der Waals surface area contributed by atoms with Crippen LogP contribution in [0.5, 0.6) is 11.5 Å². The molecule has 0 aliphatic carbocycles. The summed E-state index contributed by atoms with van der Waals surface area (Å²) in [5.41, 5.74) is 0.849. The van der Waals surface area contributed by atoms with Crippen LogP contribution in [0.1, 0.15) is 12.5 Å². The topological polar surface area (TPSA) is 76.1 Å². The highest BCUT2D eigenvalue weighted by Gasteiger charge is 2.19. The van der Waals surface area contributed by atoms with E-state index in [9.17, 15) is 14.0 Å². The lowest BCUT2D eigenvalue weighted by Gasteiger charge is -2.22. The van der Waals surface area contributed by atoms with Crippen molar-refractivity contribution in [2.75, 3.05) is 13.7 Å². The zero-order chi connectivity index (χ0) is 19.1. The Labute approximate surface area is 150 Å². The summed E-state index contributed by atoms with van der Waals surface area (Å²) in [6, 6.07) is 12.4. The predicted molar refractivity (Wildman–Crippen MR) is 92.5 cm³/mol. The van der Waals surface area contributed by atoms with Gasteiger partial charge in [0, 0.05) is 19.7 Å². The summed E-state index contributed by atoms with van der Waals surface area (Å²) in [7, 11) is 1.64. The Morgan fingerprint density at radius 3 is 2.46 bits per heavy atom. The van der Waals surface area contributed by atoms with E-state index in [-0.39, 0.29) is 5.91 Å². The number of aliphatic carboxylic acids is 1. The Morgan fingerprint density at radius 1 is 1.15 bits per heavy atom. The van der Waals surface area contributed by atoms with E-state index in [1.165, 1.54) is 23.1 Å². The van der Waals surface area contributed by atoms with Gasteiger partial charge in [-0.3, -0.25) is 4.79 Å². The van der Waals surface area contributed by atoms with E-state index in [4.69, 9.17) is 14.6 Å². The number of hydrogen-bond acceptors (Lipinski definition) is 4. The minimum atomic E-state index is -1.05. The standard InChI is InChI=1S/C19H20FNO5/c1-13(26-17-5-3-4-15(20)10-17)19(24)21(2)11-14-6-8-16(9-7-14)25-12-18(22)23/h3-10,13H,11-12H2,1-2H3,(H,22,23). The first kappa shape index (κ1) is 19.2. The average molecular weight is 361 g/mol. The molecule has 0 spiro atoms. The van der Waals surface area contributed by atoms with Crippen molar-refractivity contribution in [3.63, 3.8) is 0 Å². The third-order valence-electron chi connectivity index (χ3n) is 3.54. The van der Waals surface area contributed by atoms with Gasteiger partial charge < -0.3 is 19.5 Å². The molecule has 1 unspecified atom stereocenters. The molecule has 0 radical (unpaired) electrons. The zero-order valence-corrected chi connectivity index (χ0v) is 14.5. The van der Waals surface area contributed by atoms with E-state index in [1.54, 1.807) is 44.3 Å². The van der Waals surface area contributed by atoms with Crippen LogP contribution in [-0.4, -0.2) is 41.6 Å². The van der Waals surface area contributed by atoms with Gasteiger partial charge in [0.2, 0.25) is 0 Å². The molecule has 0 fully saturated rings. The number of rotatable bonds is 8. The van der Waals surface area contributed by atoms with Gasteiger partial charge in [0.1, 0.15) is 17.3 Å². The molecule has 6 nitrogen and oxygen atoms in total. The van der Waals surface area contributed by atoms with Crippen LogP contribution in [0.2, 0.25) is 0 Å². The maximum Gasteiger partial charge on any atom is 0.341 e. The maximum atomic E-state index is 13.2. The zero-order valence-electron chi connectivity index (χ0n) is 14.5. The van der Waals surface area contributed by atoms with Crippen molar-refractivity contribution in [1.82, 2.24) is 4.90 Å². The largest absolute Gasteiger partial charge is 0.482 e. The number of nitrogens with zero attached hydrogens (tertiary/aromatic N) is 1. The number of carbonyl (C=O) groups is 2. The molecular weight excluding hydrogens is 341 g/mol. The average Bonchev–Trinajstić information content (AvgIpc) is 2.60. The molecule has 0 saturated heterocycles. The number of hydrogen-bond donors (Lipinski definition) is 1. The number of carbonyl (C=O) groups excluding carboxylic acids is 1. The molecule has 1 N–H and O–H groups in total. The van der Waals surface area contributed by atoms with Gasteiger partial charge in [-0.15, -0.1) is 0 Å². The quantitative estimate of drug-likeness (QED) is 0.782. The van der Waals surface area contributed by atoms with Gasteiger partial charge in [0.15, 0.2) is 12.7 Å². The molecule has 0 heterocycles. The Bertz CT molecular complexity index is 763. The van der Waals surface area contributed by atoms with E-state index in [0.29, 0.717) is 18.0 Å². The third-order valence-corrected chi connectivity index (χ3v) is 3.54. The number of amides is 1. The molecule has 7 heteroatoms. The Balaban J connectivity index is 1.90. The van der Waals surface area contributed by atoms with Crippen LogP contribution < -0.4 is 9.47 Å². The lowest BCUT2D eigenvalue weighted by Crippen LogP contribution is -2.37. The van der Waals surface area contributed by atoms with Gasteiger partial charge in [-0.05, 0) is 36.8 Å². The smallest absolute Gasteiger partial charge is 0.341 e. The van der Waals surface area contributed by atoms with Gasteiger partial charge in [0.05, 0.1) is 0 Å². The highest BCUT2D eigenvalue weighted by atomic mass is 19.1. The first-order chi connectivity index (χ1) is 12.3. The van der Waals surface area contributed by atoms with Crippen molar-refractivity contribution < 1.29 is 28.6 Å². The van der Waals surface area contributed by atoms with Gasteiger partial charge in [-0.25, -0.2) is 9.18 Å². The van der Waals surface area contributed by atoms with Crippen molar-refractivity contribution in [1.29, 1.82) is 0 Å². The summed E-state index contributed by atoms with van der Waals surface area (Å²) in [5.74, 6) is -1.00. The first-order valence-electron chi connectivity index (χ1n) is 7.96. The Morgan fingerprint density at radius 2 is 1.85 bits per heavy atom. The monoisotopic (exact) mass is 361 g/mol. The van der Waals surface area contributed by atoms with E-state index < -0.39 is 24.5 Å². The summed E-state index contributed by atoms with van der Waals surface area (Å²) in [4.78, 5) is 24.4. The highest BCUT2D eigenvalue weighted by molar-refractivity contribution is 5.80. The van der Waals surface area contributed by atoms with Crippen LogP contribution >= 0.6 is 0 Å². The lowest BCUT2D eigenvalue weighted by molar-refractivity contribution is -0.139. The second kappa shape index (κ2) is 8.84. The highest BCUT2D eigenvalue weighted by Crippen LogP contribution is 2.16. The van der Waals surface area contributed by atoms with Crippen LogP contribution in [0.3, 0.4) is 0 Å². The molecule has 2 aromatic carbocycles.